The molecule has 1 fully saturated rings. The molecule has 3 nitrogen and oxygen atoms in total. The minimum Gasteiger partial charge on any atom is -0.333 e. The predicted molar refractivity (Wildman–Crippen MR) is 54.9 cm³/mol. The number of hydrogen-bond acceptors (Lipinski definition) is 2. The summed E-state index contributed by atoms with van der Waals surface area (Å²) >= 11 is 0. The number of likely N-dealkylation sites (tertiary alicyclic amines) is 1. The third-order valence-corrected chi connectivity index (χ3v) is 2.74. The molecule has 0 N–H and O–H groups in total. The highest BCUT2D eigenvalue weighted by atomic mass is 16.2. The Morgan fingerprint density at radius 3 is 2.43 bits per heavy atom. The van der Waals surface area contributed by atoms with E-state index in [1.807, 2.05) is 0 Å². The van der Waals surface area contributed by atoms with Crippen LogP contribution in [0.15, 0.2) is 0 Å². The van der Waals surface area contributed by atoms with Crippen molar-refractivity contribution in [2.24, 2.45) is 5.92 Å². The third kappa shape index (κ3) is 2.56. The largest absolute Gasteiger partial charge is 0.333 e. The second-order valence-corrected chi connectivity index (χ2v) is 4.43. The quantitative estimate of drug-likeness (QED) is 0.686. The van der Waals surface area contributed by atoms with Crippen molar-refractivity contribution in [2.45, 2.75) is 46.1 Å². The van der Waals surface area contributed by atoms with Crippen LogP contribution in [0.1, 0.15) is 40.0 Å². The summed E-state index contributed by atoms with van der Waals surface area (Å²) in [6, 6.07) is -0.116. The SMILES string of the molecule is CC(=O)C1CCN1C(=O)CCC(C)C. The van der Waals surface area contributed by atoms with Gasteiger partial charge in [0.1, 0.15) is 0 Å². The molecule has 1 amide bonds. The highest BCUT2D eigenvalue weighted by molar-refractivity contribution is 5.89. The monoisotopic (exact) mass is 197 g/mol. The van der Waals surface area contributed by atoms with Gasteiger partial charge in [-0.15, -0.1) is 0 Å². The maximum atomic E-state index is 11.6. The Morgan fingerprint density at radius 1 is 1.43 bits per heavy atom. The van der Waals surface area contributed by atoms with Gasteiger partial charge in [-0.2, -0.15) is 0 Å². The summed E-state index contributed by atoms with van der Waals surface area (Å²) in [4.78, 5) is 24.4. The van der Waals surface area contributed by atoms with Crippen LogP contribution in [0.25, 0.3) is 0 Å². The Labute approximate surface area is 85.5 Å². The van der Waals surface area contributed by atoms with Crippen molar-refractivity contribution in [1.82, 2.24) is 4.90 Å². The first-order chi connectivity index (χ1) is 6.52. The van der Waals surface area contributed by atoms with Gasteiger partial charge >= 0.3 is 0 Å². The molecule has 1 heterocycles. The summed E-state index contributed by atoms with van der Waals surface area (Å²) in [5, 5.41) is 0. The molecule has 0 aromatic heterocycles. The smallest absolute Gasteiger partial charge is 0.223 e. The predicted octanol–water partition coefficient (Wildman–Crippen LogP) is 1.61. The van der Waals surface area contributed by atoms with Gasteiger partial charge in [-0.1, -0.05) is 13.8 Å². The van der Waals surface area contributed by atoms with Gasteiger partial charge < -0.3 is 4.90 Å². The van der Waals surface area contributed by atoms with E-state index in [-0.39, 0.29) is 17.7 Å². The van der Waals surface area contributed by atoms with E-state index in [4.69, 9.17) is 0 Å². The van der Waals surface area contributed by atoms with Crippen LogP contribution < -0.4 is 0 Å². The molecule has 1 atom stereocenters. The molecule has 1 aliphatic heterocycles. The maximum absolute atomic E-state index is 11.6. The summed E-state index contributed by atoms with van der Waals surface area (Å²) in [6.45, 7) is 6.53. The highest BCUT2D eigenvalue weighted by Gasteiger charge is 2.34. The van der Waals surface area contributed by atoms with E-state index in [2.05, 4.69) is 13.8 Å². The molecule has 0 aliphatic carbocycles. The third-order valence-electron chi connectivity index (χ3n) is 2.74. The second kappa shape index (κ2) is 4.58. The molecule has 0 radical (unpaired) electrons. The molecule has 0 aromatic rings. The van der Waals surface area contributed by atoms with Crippen LogP contribution in [0, 0.1) is 5.92 Å². The number of amides is 1. The van der Waals surface area contributed by atoms with Gasteiger partial charge in [-0.3, -0.25) is 9.59 Å². The van der Waals surface area contributed by atoms with Crippen molar-refractivity contribution >= 4 is 11.7 Å². The number of carbonyl (C=O) groups excluding carboxylic acids is 2. The van der Waals surface area contributed by atoms with Crippen LogP contribution in [0.3, 0.4) is 0 Å². The first-order valence-corrected chi connectivity index (χ1v) is 5.32. The van der Waals surface area contributed by atoms with E-state index in [1.54, 1.807) is 11.8 Å². The van der Waals surface area contributed by atoms with Gasteiger partial charge in [0.15, 0.2) is 5.78 Å². The minimum atomic E-state index is -0.116. The van der Waals surface area contributed by atoms with E-state index in [0.29, 0.717) is 12.3 Å². The van der Waals surface area contributed by atoms with Gasteiger partial charge in [-0.25, -0.2) is 0 Å². The topological polar surface area (TPSA) is 37.4 Å². The molecule has 0 spiro atoms. The average molecular weight is 197 g/mol. The number of nitrogens with zero attached hydrogens (tertiary/aromatic N) is 1. The molecule has 80 valence electrons. The van der Waals surface area contributed by atoms with E-state index >= 15 is 0 Å². The lowest BCUT2D eigenvalue weighted by Gasteiger charge is -2.39. The van der Waals surface area contributed by atoms with E-state index < -0.39 is 0 Å². The first kappa shape index (κ1) is 11.2. The molecule has 0 aromatic carbocycles. The fourth-order valence-corrected chi connectivity index (χ4v) is 1.66. The normalized spacial score (nSPS) is 20.9. The first-order valence-electron chi connectivity index (χ1n) is 5.32. The zero-order valence-corrected chi connectivity index (χ0v) is 9.25. The van der Waals surface area contributed by atoms with E-state index in [0.717, 1.165) is 19.4 Å². The number of carbonyl (C=O) groups is 2. The van der Waals surface area contributed by atoms with Crippen molar-refractivity contribution in [1.29, 1.82) is 0 Å². The molecule has 1 aliphatic rings. The van der Waals surface area contributed by atoms with Crippen molar-refractivity contribution in [3.8, 4) is 0 Å². The van der Waals surface area contributed by atoms with Crippen molar-refractivity contribution in [3.63, 3.8) is 0 Å². The van der Waals surface area contributed by atoms with E-state index in [9.17, 15) is 9.59 Å². The summed E-state index contributed by atoms with van der Waals surface area (Å²) < 4.78 is 0. The Kier molecular flexibility index (Phi) is 3.67. The molecule has 1 rings (SSSR count). The fourth-order valence-electron chi connectivity index (χ4n) is 1.66. The average Bonchev–Trinajstić information content (AvgIpc) is 1.97. The van der Waals surface area contributed by atoms with Gasteiger partial charge in [0.25, 0.3) is 0 Å². The second-order valence-electron chi connectivity index (χ2n) is 4.43. The summed E-state index contributed by atoms with van der Waals surface area (Å²) in [7, 11) is 0. The standard InChI is InChI=1S/C11H19NO2/c1-8(2)4-5-11(14)12-7-6-10(12)9(3)13/h8,10H,4-7H2,1-3H3. The molecule has 1 unspecified atom stereocenters. The van der Waals surface area contributed by atoms with Gasteiger partial charge in [-0.05, 0) is 25.7 Å². The maximum Gasteiger partial charge on any atom is 0.223 e. The highest BCUT2D eigenvalue weighted by Crippen LogP contribution is 2.20. The lowest BCUT2D eigenvalue weighted by atomic mass is 9.97. The lowest BCUT2D eigenvalue weighted by molar-refractivity contribution is -0.145. The minimum absolute atomic E-state index is 0.116. The molecule has 3 heteroatoms. The summed E-state index contributed by atoms with van der Waals surface area (Å²) in [6.07, 6.45) is 2.35. The van der Waals surface area contributed by atoms with Crippen molar-refractivity contribution < 1.29 is 9.59 Å². The molecular weight excluding hydrogens is 178 g/mol. The number of Topliss-reactive ketones (excluding diaryl/α,β-unsaturated/α-hetero) is 1. The van der Waals surface area contributed by atoms with E-state index in [1.165, 1.54) is 0 Å². The Balaban J connectivity index is 2.35. The van der Waals surface area contributed by atoms with Crippen LogP contribution in [0.4, 0.5) is 0 Å². The molecule has 0 saturated carbocycles. The number of ketones is 1. The molecule has 0 bridgehead atoms. The van der Waals surface area contributed by atoms with Crippen molar-refractivity contribution in [3.05, 3.63) is 0 Å². The fraction of sp³-hybridized carbons (Fsp3) is 0.818. The Hall–Kier alpha value is -0.860. The molecule has 14 heavy (non-hydrogen) atoms. The summed E-state index contributed by atoms with van der Waals surface area (Å²) in [5.74, 6) is 0.815. The van der Waals surface area contributed by atoms with Crippen LogP contribution in [0.2, 0.25) is 0 Å². The van der Waals surface area contributed by atoms with Crippen LogP contribution >= 0.6 is 0 Å². The van der Waals surface area contributed by atoms with Crippen LogP contribution in [-0.2, 0) is 9.59 Å². The Morgan fingerprint density at radius 2 is 2.07 bits per heavy atom. The number of hydrogen-bond donors (Lipinski definition) is 0. The van der Waals surface area contributed by atoms with Gasteiger partial charge in [0.05, 0.1) is 6.04 Å². The van der Waals surface area contributed by atoms with Gasteiger partial charge in [0, 0.05) is 13.0 Å². The molecule has 1 saturated heterocycles. The lowest BCUT2D eigenvalue weighted by Crippen LogP contribution is -2.54. The zero-order chi connectivity index (χ0) is 10.7. The summed E-state index contributed by atoms with van der Waals surface area (Å²) in [5.41, 5.74) is 0. The van der Waals surface area contributed by atoms with Crippen LogP contribution in [-0.4, -0.2) is 29.2 Å². The zero-order valence-electron chi connectivity index (χ0n) is 9.25. The number of rotatable bonds is 4. The van der Waals surface area contributed by atoms with Crippen LogP contribution in [0.5, 0.6) is 0 Å². The Bertz CT molecular complexity index is 235. The van der Waals surface area contributed by atoms with Gasteiger partial charge in [0.2, 0.25) is 5.91 Å². The molecular formula is C11H19NO2. The van der Waals surface area contributed by atoms with Crippen molar-refractivity contribution in [2.75, 3.05) is 6.54 Å².